The Hall–Kier alpha value is -2.64. The van der Waals surface area contributed by atoms with Gasteiger partial charge in [0.25, 0.3) is 11.8 Å². The molecule has 1 aromatic rings. The minimum atomic E-state index is -0.555. The van der Waals surface area contributed by atoms with E-state index in [-0.39, 0.29) is 47.0 Å². The van der Waals surface area contributed by atoms with Crippen LogP contribution in [0.5, 0.6) is 5.88 Å². The summed E-state index contributed by atoms with van der Waals surface area (Å²) < 4.78 is 5.87. The van der Waals surface area contributed by atoms with Crippen LogP contribution < -0.4 is 15.8 Å². The first kappa shape index (κ1) is 17.5. The molecular weight excluding hydrogens is 360 g/mol. The smallest absolute Gasteiger partial charge is 0.325 e. The molecule has 1 aliphatic heterocycles. The maximum atomic E-state index is 12.6. The van der Waals surface area contributed by atoms with Crippen LogP contribution in [-0.4, -0.2) is 45.9 Å². The van der Waals surface area contributed by atoms with Crippen LogP contribution in [0.15, 0.2) is 18.3 Å². The molecule has 3 N–H and O–H groups in total. The third-order valence-corrected chi connectivity index (χ3v) is 6.66. The zero-order chi connectivity index (χ0) is 19.5. The van der Waals surface area contributed by atoms with Gasteiger partial charge in [0.15, 0.2) is 0 Å². The topological polar surface area (TPSA) is 115 Å². The Balaban J connectivity index is 1.15. The van der Waals surface area contributed by atoms with E-state index < -0.39 is 5.91 Å². The Morgan fingerprint density at radius 2 is 2.04 bits per heavy atom. The first-order valence-corrected chi connectivity index (χ1v) is 9.99. The molecule has 8 heteroatoms. The lowest BCUT2D eigenvalue weighted by atomic mass is 9.52. The van der Waals surface area contributed by atoms with Crippen molar-refractivity contribution in [1.29, 1.82) is 0 Å². The van der Waals surface area contributed by atoms with Crippen molar-refractivity contribution in [2.45, 2.75) is 63.1 Å². The summed E-state index contributed by atoms with van der Waals surface area (Å²) in [7, 11) is 0. The number of primary amides is 1. The van der Waals surface area contributed by atoms with Crippen LogP contribution in [0.4, 0.5) is 4.79 Å². The third-order valence-electron chi connectivity index (χ3n) is 6.66. The van der Waals surface area contributed by atoms with Crippen LogP contribution in [0.1, 0.15) is 55.3 Å². The molecule has 0 bridgehead atoms. The molecule has 0 radical (unpaired) electrons. The summed E-state index contributed by atoms with van der Waals surface area (Å²) in [4.78, 5) is 41.9. The highest BCUT2D eigenvalue weighted by molar-refractivity contribution is 6.04. The number of nitrogens with zero attached hydrogens (tertiary/aromatic N) is 2. The number of carbonyl (C=O) groups excluding carboxylic acids is 3. The molecule has 4 fully saturated rings. The average molecular weight is 384 g/mol. The molecule has 5 rings (SSSR count). The molecule has 3 saturated carbocycles. The highest BCUT2D eigenvalue weighted by atomic mass is 16.5. The Morgan fingerprint density at radius 1 is 1.29 bits per heavy atom. The summed E-state index contributed by atoms with van der Waals surface area (Å²) in [5.41, 5.74) is 5.78. The van der Waals surface area contributed by atoms with Crippen molar-refractivity contribution in [3.8, 4) is 5.88 Å². The molecule has 1 atom stereocenters. The molecule has 1 aromatic heterocycles. The second-order valence-corrected chi connectivity index (χ2v) is 8.82. The first-order valence-electron chi connectivity index (χ1n) is 9.99. The van der Waals surface area contributed by atoms with Crippen molar-refractivity contribution in [2.24, 2.45) is 17.1 Å². The van der Waals surface area contributed by atoms with E-state index in [0.717, 1.165) is 32.1 Å². The van der Waals surface area contributed by atoms with Gasteiger partial charge in [0.1, 0.15) is 17.7 Å². The van der Waals surface area contributed by atoms with Gasteiger partial charge < -0.3 is 15.8 Å². The number of urea groups is 1. The van der Waals surface area contributed by atoms with Crippen molar-refractivity contribution >= 4 is 17.8 Å². The summed E-state index contributed by atoms with van der Waals surface area (Å²) in [6.07, 6.45) is 8.01. The zero-order valence-electron chi connectivity index (χ0n) is 15.6. The molecule has 1 saturated heterocycles. The summed E-state index contributed by atoms with van der Waals surface area (Å²) in [6.45, 7) is 0. The quantitative estimate of drug-likeness (QED) is 0.723. The maximum Gasteiger partial charge on any atom is 0.325 e. The number of amides is 4. The number of hydrogen-bond acceptors (Lipinski definition) is 5. The fraction of sp³-hybridized carbons (Fsp3) is 0.600. The second kappa shape index (κ2) is 6.18. The number of nitrogens with two attached hydrogens (primary N) is 1. The number of hydrogen-bond donors (Lipinski definition) is 2. The fourth-order valence-electron chi connectivity index (χ4n) is 5.02. The number of pyridine rings is 1. The van der Waals surface area contributed by atoms with Crippen LogP contribution in [-0.2, 0) is 4.79 Å². The monoisotopic (exact) mass is 384 g/mol. The summed E-state index contributed by atoms with van der Waals surface area (Å²) in [6, 6.07) is 2.69. The Morgan fingerprint density at radius 3 is 2.71 bits per heavy atom. The van der Waals surface area contributed by atoms with Gasteiger partial charge in [-0.05, 0) is 55.6 Å². The third kappa shape index (κ3) is 2.91. The van der Waals surface area contributed by atoms with Gasteiger partial charge in [0.05, 0.1) is 0 Å². The lowest BCUT2D eigenvalue weighted by Crippen LogP contribution is -2.60. The molecular formula is C20H24N4O4. The van der Waals surface area contributed by atoms with Gasteiger partial charge in [-0.3, -0.25) is 14.5 Å². The van der Waals surface area contributed by atoms with E-state index in [1.807, 2.05) is 0 Å². The SMILES string of the molecule is NC(=O)c1cccnc1O[C@H]1CC2(C1)C[C@H](N1C(=O)N[C@@H](CC3CC3)C1=O)C2. The van der Waals surface area contributed by atoms with Crippen molar-refractivity contribution in [3.63, 3.8) is 0 Å². The fourth-order valence-corrected chi connectivity index (χ4v) is 5.02. The Kier molecular flexibility index (Phi) is 3.86. The van der Waals surface area contributed by atoms with Gasteiger partial charge in [-0.15, -0.1) is 0 Å². The predicted octanol–water partition coefficient (Wildman–Crippen LogP) is 1.59. The summed E-state index contributed by atoms with van der Waals surface area (Å²) in [5.74, 6) is 0.273. The van der Waals surface area contributed by atoms with Crippen molar-refractivity contribution in [3.05, 3.63) is 23.9 Å². The minimum Gasteiger partial charge on any atom is -0.474 e. The van der Waals surface area contributed by atoms with Crippen LogP contribution in [0.2, 0.25) is 0 Å². The van der Waals surface area contributed by atoms with Gasteiger partial charge in [-0.25, -0.2) is 9.78 Å². The number of nitrogens with one attached hydrogen (secondary N) is 1. The van der Waals surface area contributed by atoms with Crippen molar-refractivity contribution < 1.29 is 19.1 Å². The molecule has 8 nitrogen and oxygen atoms in total. The van der Waals surface area contributed by atoms with Gasteiger partial charge in [-0.1, -0.05) is 12.8 Å². The van der Waals surface area contributed by atoms with E-state index in [0.29, 0.717) is 5.92 Å². The summed E-state index contributed by atoms with van der Waals surface area (Å²) in [5, 5.41) is 2.86. The first-order chi connectivity index (χ1) is 13.4. The van der Waals surface area contributed by atoms with E-state index in [4.69, 9.17) is 10.5 Å². The van der Waals surface area contributed by atoms with Crippen molar-refractivity contribution in [1.82, 2.24) is 15.2 Å². The van der Waals surface area contributed by atoms with Crippen LogP contribution in [0.25, 0.3) is 0 Å². The number of carbonyl (C=O) groups is 3. The number of rotatable bonds is 6. The number of aromatic nitrogens is 1. The van der Waals surface area contributed by atoms with Gasteiger partial charge in [-0.2, -0.15) is 0 Å². The highest BCUT2D eigenvalue weighted by Gasteiger charge is 2.58. The van der Waals surface area contributed by atoms with Crippen molar-refractivity contribution in [2.75, 3.05) is 0 Å². The second-order valence-electron chi connectivity index (χ2n) is 8.82. The average Bonchev–Trinajstić information content (AvgIpc) is 3.36. The Labute approximate surface area is 162 Å². The minimum absolute atomic E-state index is 0.00585. The Bertz CT molecular complexity index is 838. The molecule has 2 heterocycles. The van der Waals surface area contributed by atoms with E-state index in [1.54, 1.807) is 18.3 Å². The highest BCUT2D eigenvalue weighted by Crippen LogP contribution is 2.58. The molecule has 4 amide bonds. The maximum absolute atomic E-state index is 12.6. The van der Waals surface area contributed by atoms with Crippen LogP contribution >= 0.6 is 0 Å². The van der Waals surface area contributed by atoms with E-state index >= 15 is 0 Å². The number of imide groups is 1. The van der Waals surface area contributed by atoms with Gasteiger partial charge in [0, 0.05) is 12.2 Å². The van der Waals surface area contributed by atoms with E-state index in [2.05, 4.69) is 10.3 Å². The molecule has 1 spiro atoms. The standard InChI is InChI=1S/C20H24N4O4/c21-16(25)14-2-1-5-22-17(14)28-13-9-20(10-13)7-12(8-20)24-18(26)15(23-19(24)27)6-11-3-4-11/h1-2,5,11-13,15H,3-4,6-10H2,(H2,21,25)(H,23,27)/t12-,13-,15-,20?/m0/s1. The normalized spacial score (nSPS) is 34.0. The van der Waals surface area contributed by atoms with Crippen LogP contribution in [0.3, 0.4) is 0 Å². The lowest BCUT2D eigenvalue weighted by Gasteiger charge is -2.58. The largest absolute Gasteiger partial charge is 0.474 e. The predicted molar refractivity (Wildman–Crippen MR) is 98.4 cm³/mol. The zero-order valence-corrected chi connectivity index (χ0v) is 15.6. The molecule has 148 valence electrons. The van der Waals surface area contributed by atoms with Gasteiger partial charge in [0.2, 0.25) is 5.88 Å². The van der Waals surface area contributed by atoms with Crippen LogP contribution in [0, 0.1) is 11.3 Å². The molecule has 3 aliphatic carbocycles. The molecule has 4 aliphatic rings. The van der Waals surface area contributed by atoms with E-state index in [9.17, 15) is 14.4 Å². The van der Waals surface area contributed by atoms with E-state index in [1.165, 1.54) is 17.7 Å². The molecule has 0 aromatic carbocycles. The molecule has 0 unspecified atom stereocenters. The van der Waals surface area contributed by atoms with Gasteiger partial charge >= 0.3 is 6.03 Å². The molecule has 28 heavy (non-hydrogen) atoms. The lowest BCUT2D eigenvalue weighted by molar-refractivity contribution is -0.141. The summed E-state index contributed by atoms with van der Waals surface area (Å²) >= 11 is 0. The number of ether oxygens (including phenoxy) is 1.